The van der Waals surface area contributed by atoms with E-state index in [2.05, 4.69) is 70.0 Å². The summed E-state index contributed by atoms with van der Waals surface area (Å²) < 4.78 is 0. The maximum Gasteiger partial charge on any atom is 0.0162 e. The summed E-state index contributed by atoms with van der Waals surface area (Å²) in [6.07, 6.45) is 7.36. The predicted octanol–water partition coefficient (Wildman–Crippen LogP) is 5.24. The molecular formula is C20H33N. The lowest BCUT2D eigenvalue weighted by molar-refractivity contribution is 0.347. The van der Waals surface area contributed by atoms with Crippen LogP contribution in [0.25, 0.3) is 0 Å². The molecule has 118 valence electrons. The molecule has 0 aliphatic carbocycles. The highest BCUT2D eigenvalue weighted by atomic mass is 15.1. The van der Waals surface area contributed by atoms with Gasteiger partial charge in [-0.05, 0) is 64.6 Å². The number of likely N-dealkylation sites (N-methyl/N-ethyl adjacent to an activating group) is 1. The molecule has 0 heterocycles. The summed E-state index contributed by atoms with van der Waals surface area (Å²) >= 11 is 0. The fraction of sp³-hybridized carbons (Fsp3) is 0.600. The Bertz CT molecular complexity index is 431. The van der Waals surface area contributed by atoms with Crippen molar-refractivity contribution < 1.29 is 0 Å². The molecule has 1 heteroatoms. The van der Waals surface area contributed by atoms with Crippen LogP contribution in [0, 0.1) is 12.8 Å². The van der Waals surface area contributed by atoms with Gasteiger partial charge in [-0.15, -0.1) is 0 Å². The quantitative estimate of drug-likeness (QED) is 0.561. The summed E-state index contributed by atoms with van der Waals surface area (Å²) in [7, 11) is 2.23. The number of rotatable bonds is 9. The van der Waals surface area contributed by atoms with Crippen molar-refractivity contribution in [3.63, 3.8) is 0 Å². The van der Waals surface area contributed by atoms with Gasteiger partial charge in [0, 0.05) is 6.54 Å². The molecule has 0 N–H and O–H groups in total. The maximum absolute atomic E-state index is 2.43. The molecular weight excluding hydrogens is 254 g/mol. The average molecular weight is 287 g/mol. The Morgan fingerprint density at radius 2 is 2.05 bits per heavy atom. The van der Waals surface area contributed by atoms with E-state index in [9.17, 15) is 0 Å². The maximum atomic E-state index is 2.43. The summed E-state index contributed by atoms with van der Waals surface area (Å²) in [6.45, 7) is 11.3. The van der Waals surface area contributed by atoms with Gasteiger partial charge < -0.3 is 4.90 Å². The zero-order valence-electron chi connectivity index (χ0n) is 14.7. The van der Waals surface area contributed by atoms with Gasteiger partial charge in [-0.1, -0.05) is 55.3 Å². The monoisotopic (exact) mass is 287 g/mol. The number of nitrogens with zero attached hydrogens (tertiary/aromatic N) is 1. The molecule has 0 bridgehead atoms. The molecule has 1 rings (SSSR count). The lowest BCUT2D eigenvalue weighted by atomic mass is 10.0. The van der Waals surface area contributed by atoms with Gasteiger partial charge in [0.05, 0.1) is 0 Å². The van der Waals surface area contributed by atoms with Crippen LogP contribution in [0.4, 0.5) is 0 Å². The summed E-state index contributed by atoms with van der Waals surface area (Å²) in [5, 5.41) is 0. The Balaban J connectivity index is 2.26. The van der Waals surface area contributed by atoms with Crippen molar-refractivity contribution in [2.45, 2.75) is 53.4 Å². The molecule has 0 saturated heterocycles. The lowest BCUT2D eigenvalue weighted by Crippen LogP contribution is -2.20. The first kappa shape index (κ1) is 18.0. The van der Waals surface area contributed by atoms with Crippen molar-refractivity contribution >= 4 is 0 Å². The topological polar surface area (TPSA) is 3.24 Å². The first-order valence-corrected chi connectivity index (χ1v) is 8.37. The van der Waals surface area contributed by atoms with Crippen LogP contribution in [0.15, 0.2) is 35.9 Å². The first-order chi connectivity index (χ1) is 9.97. The molecule has 0 aromatic heterocycles. The van der Waals surface area contributed by atoms with E-state index in [1.807, 2.05) is 0 Å². The van der Waals surface area contributed by atoms with E-state index < -0.39 is 0 Å². The van der Waals surface area contributed by atoms with Crippen LogP contribution in [0.3, 0.4) is 0 Å². The van der Waals surface area contributed by atoms with Crippen LogP contribution in [0.2, 0.25) is 0 Å². The van der Waals surface area contributed by atoms with Gasteiger partial charge in [-0.3, -0.25) is 0 Å². The van der Waals surface area contributed by atoms with Gasteiger partial charge in [0.15, 0.2) is 0 Å². The summed E-state index contributed by atoms with van der Waals surface area (Å²) in [5.41, 5.74) is 4.32. The van der Waals surface area contributed by atoms with E-state index in [0.717, 1.165) is 18.9 Å². The predicted molar refractivity (Wildman–Crippen MR) is 94.8 cm³/mol. The second-order valence-corrected chi connectivity index (χ2v) is 6.84. The molecule has 0 fully saturated rings. The average Bonchev–Trinajstić information content (AvgIpc) is 2.42. The second kappa shape index (κ2) is 9.78. The molecule has 0 amide bonds. The summed E-state index contributed by atoms with van der Waals surface area (Å²) in [5.74, 6) is 0.824. The van der Waals surface area contributed by atoms with Gasteiger partial charge in [-0.2, -0.15) is 0 Å². The number of allylic oxidation sites excluding steroid dienone is 1. The molecule has 0 atom stereocenters. The Labute approximate surface area is 132 Å². The minimum Gasteiger partial charge on any atom is -0.303 e. The Kier molecular flexibility index (Phi) is 8.37. The van der Waals surface area contributed by atoms with Crippen LogP contribution >= 0.6 is 0 Å². The molecule has 1 aromatic carbocycles. The van der Waals surface area contributed by atoms with E-state index in [4.69, 9.17) is 0 Å². The van der Waals surface area contributed by atoms with Gasteiger partial charge >= 0.3 is 0 Å². The lowest BCUT2D eigenvalue weighted by Gasteiger charge is -2.15. The largest absolute Gasteiger partial charge is 0.303 e. The van der Waals surface area contributed by atoms with Crippen molar-refractivity contribution in [1.29, 1.82) is 0 Å². The fourth-order valence-corrected chi connectivity index (χ4v) is 2.48. The summed E-state index contributed by atoms with van der Waals surface area (Å²) in [4.78, 5) is 2.43. The third-order valence-electron chi connectivity index (χ3n) is 3.96. The molecule has 21 heavy (non-hydrogen) atoms. The highest BCUT2D eigenvalue weighted by Gasteiger charge is 2.00. The Hall–Kier alpha value is -1.08. The van der Waals surface area contributed by atoms with Gasteiger partial charge in [0.2, 0.25) is 0 Å². The smallest absolute Gasteiger partial charge is 0.0162 e. The highest BCUT2D eigenvalue weighted by Crippen LogP contribution is 2.11. The molecule has 0 radical (unpaired) electrons. The highest BCUT2D eigenvalue weighted by molar-refractivity contribution is 5.23. The molecule has 0 aliphatic heterocycles. The number of hydrogen-bond donors (Lipinski definition) is 0. The van der Waals surface area contributed by atoms with Crippen LogP contribution in [-0.2, 0) is 6.42 Å². The Morgan fingerprint density at radius 3 is 2.71 bits per heavy atom. The third-order valence-corrected chi connectivity index (χ3v) is 3.96. The minimum absolute atomic E-state index is 0.824. The van der Waals surface area contributed by atoms with Crippen molar-refractivity contribution in [3.05, 3.63) is 47.0 Å². The van der Waals surface area contributed by atoms with E-state index >= 15 is 0 Å². The molecule has 1 aromatic rings. The third kappa shape index (κ3) is 8.72. The van der Waals surface area contributed by atoms with E-state index in [-0.39, 0.29) is 0 Å². The van der Waals surface area contributed by atoms with E-state index in [0.29, 0.717) is 0 Å². The second-order valence-electron chi connectivity index (χ2n) is 6.84. The molecule has 0 spiro atoms. The standard InChI is InChI=1S/C20H33N/c1-17(2)8-7-14-21(5)15-13-18(3)11-12-20-10-6-9-19(4)16-20/h6,9-10,13,16-17H,7-8,11-12,14-15H2,1-5H3/b18-13+. The van der Waals surface area contributed by atoms with Gasteiger partial charge in [-0.25, -0.2) is 0 Å². The Morgan fingerprint density at radius 1 is 1.29 bits per heavy atom. The SMILES string of the molecule is C/C(=C\CN(C)CCCC(C)C)CCc1cccc(C)c1. The van der Waals surface area contributed by atoms with E-state index in [1.165, 1.54) is 42.5 Å². The fourth-order valence-electron chi connectivity index (χ4n) is 2.48. The molecule has 0 aliphatic rings. The van der Waals surface area contributed by atoms with Crippen molar-refractivity contribution in [1.82, 2.24) is 4.90 Å². The number of aryl methyl sites for hydroxylation is 2. The first-order valence-electron chi connectivity index (χ1n) is 8.37. The molecule has 0 saturated carbocycles. The van der Waals surface area contributed by atoms with Crippen LogP contribution in [0.5, 0.6) is 0 Å². The number of hydrogen-bond acceptors (Lipinski definition) is 1. The normalized spacial score (nSPS) is 12.4. The zero-order valence-corrected chi connectivity index (χ0v) is 14.7. The summed E-state index contributed by atoms with van der Waals surface area (Å²) in [6, 6.07) is 8.86. The van der Waals surface area contributed by atoms with Crippen LogP contribution in [0.1, 0.15) is 51.2 Å². The van der Waals surface area contributed by atoms with Gasteiger partial charge in [0.1, 0.15) is 0 Å². The van der Waals surface area contributed by atoms with Crippen LogP contribution < -0.4 is 0 Å². The molecule has 0 unspecified atom stereocenters. The van der Waals surface area contributed by atoms with Crippen molar-refractivity contribution in [2.24, 2.45) is 5.92 Å². The van der Waals surface area contributed by atoms with Crippen molar-refractivity contribution in [3.8, 4) is 0 Å². The number of benzene rings is 1. The van der Waals surface area contributed by atoms with Gasteiger partial charge in [0.25, 0.3) is 0 Å². The van der Waals surface area contributed by atoms with Crippen molar-refractivity contribution in [2.75, 3.05) is 20.1 Å². The zero-order chi connectivity index (χ0) is 15.7. The van der Waals surface area contributed by atoms with Crippen LogP contribution in [-0.4, -0.2) is 25.0 Å². The minimum atomic E-state index is 0.824. The molecule has 1 nitrogen and oxygen atoms in total. The van der Waals surface area contributed by atoms with E-state index in [1.54, 1.807) is 0 Å².